The first-order chi connectivity index (χ1) is 12.1. The summed E-state index contributed by atoms with van der Waals surface area (Å²) in [6.07, 6.45) is 0. The molecule has 0 rings (SSSR count). The molecule has 8 nitrogen and oxygen atoms in total. The van der Waals surface area contributed by atoms with Crippen molar-refractivity contribution < 1.29 is 28.7 Å². The minimum absolute atomic E-state index is 0.0327. The molecule has 0 heterocycles. The van der Waals surface area contributed by atoms with Gasteiger partial charge in [-0.25, -0.2) is 0 Å². The molecule has 0 aromatic carbocycles. The molecule has 0 unspecified atom stereocenters. The summed E-state index contributed by atoms with van der Waals surface area (Å²) in [5.41, 5.74) is 0. The van der Waals surface area contributed by atoms with Gasteiger partial charge in [0.15, 0.2) is 0 Å². The van der Waals surface area contributed by atoms with Gasteiger partial charge in [0.05, 0.1) is 0 Å². The Kier molecular flexibility index (Phi) is 12.6. The fourth-order valence-electron chi connectivity index (χ4n) is 1.53. The number of hydrogen-bond acceptors (Lipinski definition) is 6. The van der Waals surface area contributed by atoms with Crippen molar-refractivity contribution in [1.29, 1.82) is 0 Å². The topological polar surface area (TPSA) is 111 Å². The molecule has 0 aliphatic rings. The van der Waals surface area contributed by atoms with Crippen LogP contribution < -0.4 is 10.6 Å². The number of ether oxygens (including phenoxy) is 2. The van der Waals surface area contributed by atoms with Crippen LogP contribution in [-0.4, -0.2) is 76.3 Å². The van der Waals surface area contributed by atoms with E-state index in [9.17, 15) is 19.2 Å². The van der Waals surface area contributed by atoms with E-state index < -0.39 is 24.0 Å². The number of nitrogens with one attached hydrogen (secondary N) is 2. The van der Waals surface area contributed by atoms with E-state index in [2.05, 4.69) is 10.6 Å². The Morgan fingerprint density at radius 1 is 0.731 bits per heavy atom. The minimum atomic E-state index is -0.682. The Balaban J connectivity index is 4.60. The van der Waals surface area contributed by atoms with Crippen LogP contribution in [0.2, 0.25) is 10.6 Å². The van der Waals surface area contributed by atoms with Crippen LogP contribution in [0.15, 0.2) is 0 Å². The predicted octanol–water partition coefficient (Wildman–Crippen LogP) is -0.226. The summed E-state index contributed by atoms with van der Waals surface area (Å²) < 4.78 is 9.48. The second-order valence-corrected chi connectivity index (χ2v) is 13.6. The van der Waals surface area contributed by atoms with E-state index in [4.69, 9.17) is 9.47 Å². The number of hydrogen-bond donors (Lipinski definition) is 2. The Labute approximate surface area is 165 Å². The van der Waals surface area contributed by atoms with Crippen LogP contribution >= 0.6 is 0 Å². The molecule has 0 spiro atoms. The quantitative estimate of drug-likeness (QED) is 0.230. The zero-order chi connectivity index (χ0) is 20.3. The third kappa shape index (κ3) is 9.57. The average molecular weight is 502 g/mol. The van der Waals surface area contributed by atoms with Crippen molar-refractivity contribution in [1.82, 2.24) is 10.6 Å². The third-order valence-electron chi connectivity index (χ3n) is 3.21. The Morgan fingerprint density at radius 2 is 1.04 bits per heavy atom. The summed E-state index contributed by atoms with van der Waals surface area (Å²) in [5.74, 6) is -1.82. The summed E-state index contributed by atoms with van der Waals surface area (Å²) >= 11 is 0.0654. The molecule has 0 bridgehead atoms. The van der Waals surface area contributed by atoms with E-state index in [1.54, 1.807) is 27.7 Å². The van der Waals surface area contributed by atoms with Crippen molar-refractivity contribution in [3.8, 4) is 0 Å². The van der Waals surface area contributed by atoms with Crippen LogP contribution in [0.5, 0.6) is 0 Å². The van der Waals surface area contributed by atoms with Crippen LogP contribution in [0.25, 0.3) is 0 Å². The first kappa shape index (κ1) is 24.9. The molecular formula is C16H28N2O6Se2. The van der Waals surface area contributed by atoms with Crippen molar-refractivity contribution in [2.75, 3.05) is 14.2 Å². The summed E-state index contributed by atoms with van der Waals surface area (Å²) in [7, 11) is 2.56. The van der Waals surface area contributed by atoms with Crippen LogP contribution in [0, 0.1) is 11.8 Å². The third-order valence-corrected chi connectivity index (χ3v) is 10.3. The summed E-state index contributed by atoms with van der Waals surface area (Å²) in [6.45, 7) is 6.99. The molecular weight excluding hydrogens is 474 g/mol. The van der Waals surface area contributed by atoms with Gasteiger partial charge in [0.1, 0.15) is 0 Å². The molecule has 0 aromatic rings. The molecule has 0 aliphatic carbocycles. The average Bonchev–Trinajstić information content (AvgIpc) is 2.60. The van der Waals surface area contributed by atoms with Crippen LogP contribution in [0.3, 0.4) is 0 Å². The van der Waals surface area contributed by atoms with Gasteiger partial charge in [-0.3, -0.25) is 0 Å². The first-order valence-corrected chi connectivity index (χ1v) is 14.9. The Morgan fingerprint density at radius 3 is 1.27 bits per heavy atom. The van der Waals surface area contributed by atoms with Crippen molar-refractivity contribution in [2.45, 2.75) is 50.4 Å². The van der Waals surface area contributed by atoms with Crippen LogP contribution in [0.1, 0.15) is 27.7 Å². The number of methoxy groups -OCH3 is 2. The van der Waals surface area contributed by atoms with Gasteiger partial charge in [0.2, 0.25) is 0 Å². The Hall–Kier alpha value is -1.08. The second-order valence-electron chi connectivity index (χ2n) is 6.05. The van der Waals surface area contributed by atoms with Crippen molar-refractivity contribution >= 4 is 50.0 Å². The molecule has 2 amide bonds. The first-order valence-electron chi connectivity index (χ1n) is 8.14. The van der Waals surface area contributed by atoms with Crippen LogP contribution in [0.4, 0.5) is 0 Å². The number of carbonyl (C=O) groups excluding carboxylic acids is 4. The van der Waals surface area contributed by atoms with Gasteiger partial charge in [-0.1, -0.05) is 0 Å². The fourth-order valence-corrected chi connectivity index (χ4v) is 8.49. The molecule has 0 saturated carbocycles. The van der Waals surface area contributed by atoms with Crippen LogP contribution in [-0.2, 0) is 28.7 Å². The monoisotopic (exact) mass is 504 g/mol. The van der Waals surface area contributed by atoms with Crippen molar-refractivity contribution in [3.05, 3.63) is 0 Å². The van der Waals surface area contributed by atoms with E-state index in [1.165, 1.54) is 14.2 Å². The SMILES string of the molecule is COC(=O)[C@H](C[Se][Se]C[C@H](NC(=O)C(C)C)C(=O)OC)NC(=O)C(C)C. The van der Waals surface area contributed by atoms with E-state index in [1.807, 2.05) is 0 Å². The van der Waals surface area contributed by atoms with Gasteiger partial charge in [0.25, 0.3) is 0 Å². The molecule has 0 radical (unpaired) electrons. The summed E-state index contributed by atoms with van der Waals surface area (Å²) in [6, 6.07) is -1.36. The second kappa shape index (κ2) is 13.1. The van der Waals surface area contributed by atoms with Crippen molar-refractivity contribution in [2.24, 2.45) is 11.8 Å². The molecule has 26 heavy (non-hydrogen) atoms. The zero-order valence-corrected chi connectivity index (χ0v) is 19.4. The van der Waals surface area contributed by atoms with Crippen molar-refractivity contribution in [3.63, 3.8) is 0 Å². The number of rotatable bonds is 11. The summed E-state index contributed by atoms with van der Waals surface area (Å²) in [4.78, 5) is 47.3. The van der Waals surface area contributed by atoms with Gasteiger partial charge in [-0.05, 0) is 0 Å². The predicted molar refractivity (Wildman–Crippen MR) is 98.7 cm³/mol. The van der Waals surface area contributed by atoms with E-state index in [0.29, 0.717) is 10.6 Å². The van der Waals surface area contributed by atoms with E-state index in [0.717, 1.165) is 0 Å². The maximum absolute atomic E-state index is 11.8. The number of carbonyl (C=O) groups is 4. The number of esters is 2. The maximum atomic E-state index is 11.8. The molecule has 0 aliphatic heterocycles. The zero-order valence-electron chi connectivity index (χ0n) is 16.0. The van der Waals surface area contributed by atoms with Gasteiger partial charge in [0, 0.05) is 0 Å². The fraction of sp³-hybridized carbons (Fsp3) is 0.750. The van der Waals surface area contributed by atoms with Gasteiger partial charge >= 0.3 is 166 Å². The molecule has 0 fully saturated rings. The molecule has 10 heteroatoms. The summed E-state index contributed by atoms with van der Waals surface area (Å²) in [5, 5.41) is 6.33. The van der Waals surface area contributed by atoms with E-state index in [-0.39, 0.29) is 49.9 Å². The molecule has 2 N–H and O–H groups in total. The standard InChI is InChI=1S/C16H28N2O6Se2/c1-9(2)13(19)17-11(15(21)23-5)7-25-26-8-12(16(22)24-6)18-14(20)10(3)4/h9-12H,7-8H2,1-6H3,(H,17,19)(H,18,20)/t11-,12-/m0/s1. The normalized spacial score (nSPS) is 13.1. The van der Waals surface area contributed by atoms with Gasteiger partial charge in [-0.2, -0.15) is 0 Å². The van der Waals surface area contributed by atoms with Gasteiger partial charge < -0.3 is 0 Å². The van der Waals surface area contributed by atoms with Gasteiger partial charge in [-0.15, -0.1) is 0 Å². The molecule has 0 saturated heterocycles. The Bertz CT molecular complexity index is 455. The molecule has 2 atom stereocenters. The molecule has 150 valence electrons. The molecule has 0 aromatic heterocycles. The van der Waals surface area contributed by atoms with E-state index >= 15 is 0 Å². The number of amides is 2.